The van der Waals surface area contributed by atoms with E-state index in [1.165, 1.54) is 11.8 Å². The minimum atomic E-state index is 0.142. The smallest absolute Gasteiger partial charge is 0.167 e. The van der Waals surface area contributed by atoms with Crippen molar-refractivity contribution < 1.29 is 9.84 Å². The Morgan fingerprint density at radius 3 is 2.64 bits per heavy atom. The summed E-state index contributed by atoms with van der Waals surface area (Å²) in [5, 5.41) is 10.4. The molecule has 1 aliphatic rings. The maximum absolute atomic E-state index is 10.0. The highest BCUT2D eigenvalue weighted by Crippen LogP contribution is 2.36. The number of hydrogen-bond donors (Lipinski definition) is 1. The lowest BCUT2D eigenvalue weighted by molar-refractivity contribution is 0.122. The lowest BCUT2D eigenvalue weighted by Gasteiger charge is -2.29. The SMILES string of the molecule is CSc1c(Cl)nc(-c2ccccc2O)nc1N1CCOCC1. The van der Waals surface area contributed by atoms with Gasteiger partial charge in [-0.15, -0.1) is 11.8 Å². The fourth-order valence-electron chi connectivity index (χ4n) is 2.36. The lowest BCUT2D eigenvalue weighted by Crippen LogP contribution is -2.37. The number of rotatable bonds is 3. The molecule has 116 valence electrons. The van der Waals surface area contributed by atoms with Crippen LogP contribution in [0.25, 0.3) is 11.4 Å². The second-order valence-corrected chi connectivity index (χ2v) is 5.99. The van der Waals surface area contributed by atoms with E-state index in [0.717, 1.165) is 23.8 Å². The zero-order chi connectivity index (χ0) is 15.5. The third kappa shape index (κ3) is 2.99. The molecule has 0 spiro atoms. The Morgan fingerprint density at radius 1 is 1.23 bits per heavy atom. The van der Waals surface area contributed by atoms with Gasteiger partial charge in [-0.3, -0.25) is 0 Å². The van der Waals surface area contributed by atoms with Gasteiger partial charge in [0.2, 0.25) is 0 Å². The van der Waals surface area contributed by atoms with E-state index in [9.17, 15) is 5.11 Å². The van der Waals surface area contributed by atoms with Crippen LogP contribution in [-0.4, -0.2) is 47.6 Å². The molecule has 1 saturated heterocycles. The van der Waals surface area contributed by atoms with E-state index < -0.39 is 0 Å². The molecule has 1 aliphatic heterocycles. The number of phenols is 1. The molecule has 2 heterocycles. The van der Waals surface area contributed by atoms with Gasteiger partial charge < -0.3 is 14.7 Å². The van der Waals surface area contributed by atoms with Crippen molar-refractivity contribution in [3.63, 3.8) is 0 Å². The quantitative estimate of drug-likeness (QED) is 0.686. The molecule has 1 fully saturated rings. The molecule has 5 nitrogen and oxygen atoms in total. The maximum atomic E-state index is 10.0. The van der Waals surface area contributed by atoms with Gasteiger partial charge in [-0.1, -0.05) is 23.7 Å². The molecule has 0 amide bonds. The molecule has 1 N–H and O–H groups in total. The molecule has 0 unspecified atom stereocenters. The number of aromatic hydroxyl groups is 1. The van der Waals surface area contributed by atoms with Gasteiger partial charge >= 0.3 is 0 Å². The van der Waals surface area contributed by atoms with E-state index in [1.807, 2.05) is 12.3 Å². The van der Waals surface area contributed by atoms with Crippen molar-refractivity contribution in [2.24, 2.45) is 0 Å². The number of para-hydroxylation sites is 1. The Bertz CT molecular complexity index is 678. The Kier molecular flexibility index (Phi) is 4.71. The number of aromatic nitrogens is 2. The second kappa shape index (κ2) is 6.73. The molecule has 0 bridgehead atoms. The summed E-state index contributed by atoms with van der Waals surface area (Å²) < 4.78 is 5.39. The highest BCUT2D eigenvalue weighted by Gasteiger charge is 2.21. The van der Waals surface area contributed by atoms with E-state index in [-0.39, 0.29) is 5.75 Å². The van der Waals surface area contributed by atoms with Gasteiger partial charge in [0.1, 0.15) is 16.7 Å². The van der Waals surface area contributed by atoms with Gasteiger partial charge in [0.25, 0.3) is 0 Å². The molecule has 0 radical (unpaired) electrons. The summed E-state index contributed by atoms with van der Waals surface area (Å²) in [6.45, 7) is 2.87. The Balaban J connectivity index is 2.10. The van der Waals surface area contributed by atoms with Crippen LogP contribution in [0, 0.1) is 0 Å². The average Bonchev–Trinajstić information content (AvgIpc) is 2.55. The van der Waals surface area contributed by atoms with Crippen LogP contribution in [0.3, 0.4) is 0 Å². The highest BCUT2D eigenvalue weighted by atomic mass is 35.5. The molecule has 0 atom stereocenters. The number of benzene rings is 1. The molecular weight excluding hydrogens is 322 g/mol. The first-order valence-electron chi connectivity index (χ1n) is 6.93. The monoisotopic (exact) mass is 337 g/mol. The van der Waals surface area contributed by atoms with Crippen LogP contribution in [0.5, 0.6) is 5.75 Å². The molecule has 22 heavy (non-hydrogen) atoms. The molecular formula is C15H16ClN3O2S. The molecule has 0 aliphatic carbocycles. The molecule has 7 heteroatoms. The van der Waals surface area contributed by atoms with Crippen molar-refractivity contribution in [3.8, 4) is 17.1 Å². The summed E-state index contributed by atoms with van der Waals surface area (Å²) in [5.74, 6) is 1.37. The highest BCUT2D eigenvalue weighted by molar-refractivity contribution is 7.98. The van der Waals surface area contributed by atoms with Crippen LogP contribution < -0.4 is 4.90 Å². The average molecular weight is 338 g/mol. The second-order valence-electron chi connectivity index (χ2n) is 4.81. The summed E-state index contributed by atoms with van der Waals surface area (Å²) in [6.07, 6.45) is 1.95. The Morgan fingerprint density at radius 2 is 1.95 bits per heavy atom. The molecule has 1 aromatic heterocycles. The van der Waals surface area contributed by atoms with E-state index in [4.69, 9.17) is 16.3 Å². The minimum Gasteiger partial charge on any atom is -0.507 e. The topological polar surface area (TPSA) is 58.5 Å². The number of anilines is 1. The fraction of sp³-hybridized carbons (Fsp3) is 0.333. The van der Waals surface area contributed by atoms with Crippen LogP contribution in [0.15, 0.2) is 29.2 Å². The number of hydrogen-bond acceptors (Lipinski definition) is 6. The normalized spacial score (nSPS) is 15.1. The van der Waals surface area contributed by atoms with Crippen molar-refractivity contribution in [2.45, 2.75) is 4.90 Å². The predicted octanol–water partition coefficient (Wildman–Crippen LogP) is 3.06. The maximum Gasteiger partial charge on any atom is 0.167 e. The molecule has 3 rings (SSSR count). The predicted molar refractivity (Wildman–Crippen MR) is 89.0 cm³/mol. The van der Waals surface area contributed by atoms with Gasteiger partial charge in [0.05, 0.1) is 23.7 Å². The van der Waals surface area contributed by atoms with E-state index >= 15 is 0 Å². The van der Waals surface area contributed by atoms with Gasteiger partial charge in [-0.25, -0.2) is 9.97 Å². The number of thioether (sulfide) groups is 1. The number of morpholine rings is 1. The molecule has 2 aromatic rings. The first kappa shape index (κ1) is 15.4. The lowest BCUT2D eigenvalue weighted by atomic mass is 10.2. The minimum absolute atomic E-state index is 0.142. The zero-order valence-corrected chi connectivity index (χ0v) is 13.7. The van der Waals surface area contributed by atoms with Crippen molar-refractivity contribution >= 4 is 29.2 Å². The van der Waals surface area contributed by atoms with E-state index in [0.29, 0.717) is 29.8 Å². The van der Waals surface area contributed by atoms with Crippen molar-refractivity contribution in [1.82, 2.24) is 9.97 Å². The number of nitrogens with zero attached hydrogens (tertiary/aromatic N) is 3. The van der Waals surface area contributed by atoms with Crippen molar-refractivity contribution in [2.75, 3.05) is 37.5 Å². The number of halogens is 1. The van der Waals surface area contributed by atoms with Gasteiger partial charge in [-0.2, -0.15) is 0 Å². The summed E-state index contributed by atoms with van der Waals surface area (Å²) >= 11 is 7.87. The van der Waals surface area contributed by atoms with Crippen molar-refractivity contribution in [1.29, 1.82) is 0 Å². The summed E-state index contributed by atoms with van der Waals surface area (Å²) in [6, 6.07) is 7.00. The first-order chi connectivity index (χ1) is 10.7. The number of ether oxygens (including phenoxy) is 1. The Labute approximate surface area is 138 Å². The van der Waals surface area contributed by atoms with Crippen LogP contribution in [0.2, 0.25) is 5.15 Å². The summed E-state index contributed by atoms with van der Waals surface area (Å²) in [5.41, 5.74) is 0.576. The Hall–Kier alpha value is -1.50. The van der Waals surface area contributed by atoms with E-state index in [1.54, 1.807) is 18.2 Å². The largest absolute Gasteiger partial charge is 0.507 e. The van der Waals surface area contributed by atoms with Crippen LogP contribution in [-0.2, 0) is 4.74 Å². The van der Waals surface area contributed by atoms with Crippen LogP contribution in [0.1, 0.15) is 0 Å². The first-order valence-corrected chi connectivity index (χ1v) is 8.53. The number of phenolic OH excluding ortho intramolecular Hbond substituents is 1. The molecule has 0 saturated carbocycles. The van der Waals surface area contributed by atoms with Gasteiger partial charge in [-0.05, 0) is 18.4 Å². The van der Waals surface area contributed by atoms with Crippen LogP contribution in [0.4, 0.5) is 5.82 Å². The summed E-state index contributed by atoms with van der Waals surface area (Å²) in [7, 11) is 0. The van der Waals surface area contributed by atoms with Crippen molar-refractivity contribution in [3.05, 3.63) is 29.4 Å². The third-order valence-corrected chi connectivity index (χ3v) is 4.64. The van der Waals surface area contributed by atoms with Gasteiger partial charge in [0.15, 0.2) is 5.82 Å². The zero-order valence-electron chi connectivity index (χ0n) is 12.1. The van der Waals surface area contributed by atoms with Crippen LogP contribution >= 0.6 is 23.4 Å². The summed E-state index contributed by atoms with van der Waals surface area (Å²) in [4.78, 5) is 12.0. The molecule has 1 aromatic carbocycles. The standard InChI is InChI=1S/C15H16ClN3O2S/c1-22-12-13(16)17-14(10-4-2-3-5-11(10)20)18-15(12)19-6-8-21-9-7-19/h2-5,20H,6-9H2,1H3. The fourth-order valence-corrected chi connectivity index (χ4v) is 3.33. The van der Waals surface area contributed by atoms with E-state index in [2.05, 4.69) is 14.9 Å². The van der Waals surface area contributed by atoms with Gasteiger partial charge in [0, 0.05) is 13.1 Å². The third-order valence-electron chi connectivity index (χ3n) is 3.47.